The van der Waals surface area contributed by atoms with Crippen LogP contribution >= 0.6 is 11.6 Å². The van der Waals surface area contributed by atoms with Crippen LogP contribution in [0, 0.1) is 6.61 Å². The van der Waals surface area contributed by atoms with E-state index in [1.807, 2.05) is 12.1 Å². The van der Waals surface area contributed by atoms with Gasteiger partial charge in [-0.3, -0.25) is 5.10 Å². The summed E-state index contributed by atoms with van der Waals surface area (Å²) >= 11 is 5.74. The molecule has 0 aliphatic carbocycles. The molecule has 14 heavy (non-hydrogen) atoms. The molecule has 4 heteroatoms. The van der Waals surface area contributed by atoms with E-state index in [0.29, 0.717) is 10.9 Å². The molecule has 0 spiro atoms. The number of rotatable bonds is 3. The van der Waals surface area contributed by atoms with Crippen LogP contribution in [0.4, 0.5) is 0 Å². The molecule has 1 N–H and O–H groups in total. The van der Waals surface area contributed by atoms with Crippen LogP contribution in [-0.4, -0.2) is 10.2 Å². The van der Waals surface area contributed by atoms with Crippen LogP contribution in [-0.2, 0) is 0 Å². The molecule has 0 bridgehead atoms. The fourth-order valence-electron chi connectivity index (χ4n) is 0.982. The maximum atomic E-state index is 5.74. The van der Waals surface area contributed by atoms with Crippen LogP contribution in [0.1, 0.15) is 5.56 Å². The number of halogens is 1. The van der Waals surface area contributed by atoms with E-state index in [-0.39, 0.29) is 0 Å². The summed E-state index contributed by atoms with van der Waals surface area (Å²) in [6.07, 6.45) is 1.70. The number of aromatic nitrogens is 2. The first-order valence-electron chi connectivity index (χ1n) is 4.10. The second-order valence-corrected chi connectivity index (χ2v) is 3.14. The lowest BCUT2D eigenvalue weighted by atomic mass is 10.2. The van der Waals surface area contributed by atoms with Gasteiger partial charge in [0.05, 0.1) is 0 Å². The lowest BCUT2D eigenvalue weighted by molar-refractivity contribution is 0.410. The highest BCUT2D eigenvalue weighted by atomic mass is 35.5. The Labute approximate surface area is 86.7 Å². The zero-order valence-corrected chi connectivity index (χ0v) is 8.03. The maximum Gasteiger partial charge on any atom is 0.233 e. The van der Waals surface area contributed by atoms with Gasteiger partial charge >= 0.3 is 0 Å². The number of hydrogen-bond acceptors (Lipinski definition) is 2. The SMILES string of the molecule is Clc1ccc([CH]Oc2cc[nH]n2)cc1. The molecule has 1 aromatic heterocycles. The molecule has 0 amide bonds. The van der Waals surface area contributed by atoms with Crippen molar-refractivity contribution in [2.24, 2.45) is 0 Å². The molecule has 0 saturated heterocycles. The molecular formula is C10H8ClN2O. The highest BCUT2D eigenvalue weighted by Crippen LogP contribution is 2.13. The molecule has 0 saturated carbocycles. The van der Waals surface area contributed by atoms with Crippen LogP contribution in [0.2, 0.25) is 5.02 Å². The highest BCUT2D eigenvalue weighted by Gasteiger charge is 1.97. The number of benzene rings is 1. The van der Waals surface area contributed by atoms with Crippen molar-refractivity contribution >= 4 is 11.6 Å². The largest absolute Gasteiger partial charge is 0.464 e. The van der Waals surface area contributed by atoms with Crippen molar-refractivity contribution in [1.29, 1.82) is 0 Å². The smallest absolute Gasteiger partial charge is 0.233 e. The van der Waals surface area contributed by atoms with Crippen molar-refractivity contribution in [3.63, 3.8) is 0 Å². The van der Waals surface area contributed by atoms with Gasteiger partial charge in [0.2, 0.25) is 5.88 Å². The summed E-state index contributed by atoms with van der Waals surface area (Å²) in [5.74, 6) is 0.542. The average Bonchev–Trinajstić information content (AvgIpc) is 2.70. The van der Waals surface area contributed by atoms with Gasteiger partial charge in [-0.1, -0.05) is 23.7 Å². The van der Waals surface area contributed by atoms with Gasteiger partial charge in [0.25, 0.3) is 0 Å². The molecule has 1 aromatic carbocycles. The van der Waals surface area contributed by atoms with Gasteiger partial charge in [-0.15, -0.1) is 5.10 Å². The van der Waals surface area contributed by atoms with Gasteiger partial charge in [-0.05, 0) is 17.7 Å². The predicted octanol–water partition coefficient (Wildman–Crippen LogP) is 2.65. The number of nitrogens with zero attached hydrogens (tertiary/aromatic N) is 1. The molecule has 3 nitrogen and oxygen atoms in total. The van der Waals surface area contributed by atoms with Gasteiger partial charge in [0, 0.05) is 17.3 Å². The zero-order chi connectivity index (χ0) is 9.80. The third-order valence-corrected chi connectivity index (χ3v) is 1.91. The van der Waals surface area contributed by atoms with Gasteiger partial charge in [0.15, 0.2) is 6.61 Å². The Hall–Kier alpha value is -1.48. The standard InChI is InChI=1S/C10H8ClN2O/c11-9-3-1-8(2-4-9)7-14-10-5-6-12-13-10/h1-7H,(H,12,13). The van der Waals surface area contributed by atoms with E-state index < -0.39 is 0 Å². The van der Waals surface area contributed by atoms with E-state index >= 15 is 0 Å². The quantitative estimate of drug-likeness (QED) is 0.840. The van der Waals surface area contributed by atoms with E-state index in [1.165, 1.54) is 0 Å². The Balaban J connectivity index is 1.95. The molecule has 0 aliphatic heterocycles. The third kappa shape index (κ3) is 2.26. The Morgan fingerprint density at radius 1 is 1.21 bits per heavy atom. The summed E-state index contributed by atoms with van der Waals surface area (Å²) in [5, 5.41) is 7.21. The van der Waals surface area contributed by atoms with E-state index in [0.717, 1.165) is 5.56 Å². The second-order valence-electron chi connectivity index (χ2n) is 2.70. The fraction of sp³-hybridized carbons (Fsp3) is 0. The van der Waals surface area contributed by atoms with Gasteiger partial charge in [0.1, 0.15) is 0 Å². The van der Waals surface area contributed by atoms with Crippen molar-refractivity contribution in [2.75, 3.05) is 0 Å². The average molecular weight is 208 g/mol. The number of nitrogens with one attached hydrogen (secondary N) is 1. The summed E-state index contributed by atoms with van der Waals surface area (Å²) in [4.78, 5) is 0. The van der Waals surface area contributed by atoms with E-state index in [9.17, 15) is 0 Å². The van der Waals surface area contributed by atoms with Crippen LogP contribution in [0.25, 0.3) is 0 Å². The van der Waals surface area contributed by atoms with Gasteiger partial charge in [-0.2, -0.15) is 0 Å². The number of H-pyrrole nitrogens is 1. The number of aromatic amines is 1. The Morgan fingerprint density at radius 2 is 2.00 bits per heavy atom. The summed E-state index contributed by atoms with van der Waals surface area (Å²) in [6, 6.07) is 9.10. The van der Waals surface area contributed by atoms with Crippen LogP contribution in [0.3, 0.4) is 0 Å². The summed E-state index contributed by atoms with van der Waals surface area (Å²) in [5.41, 5.74) is 0.942. The van der Waals surface area contributed by atoms with E-state index in [1.54, 1.807) is 31.0 Å². The first-order chi connectivity index (χ1) is 6.84. The predicted molar refractivity (Wildman–Crippen MR) is 54.1 cm³/mol. The van der Waals surface area contributed by atoms with Crippen molar-refractivity contribution in [3.05, 3.63) is 53.7 Å². The summed E-state index contributed by atoms with van der Waals surface area (Å²) in [7, 11) is 0. The first-order valence-corrected chi connectivity index (χ1v) is 4.47. The maximum absolute atomic E-state index is 5.74. The van der Waals surface area contributed by atoms with E-state index in [4.69, 9.17) is 16.3 Å². The Bertz CT molecular complexity index is 383. The topological polar surface area (TPSA) is 37.9 Å². The molecule has 1 heterocycles. The minimum Gasteiger partial charge on any atom is -0.464 e. The lowest BCUT2D eigenvalue weighted by Crippen LogP contribution is -1.91. The van der Waals surface area contributed by atoms with Crippen LogP contribution in [0.5, 0.6) is 5.88 Å². The summed E-state index contributed by atoms with van der Waals surface area (Å²) < 4.78 is 5.26. The normalized spacial score (nSPS) is 10.1. The van der Waals surface area contributed by atoms with Crippen molar-refractivity contribution in [1.82, 2.24) is 10.2 Å². The molecule has 1 radical (unpaired) electrons. The molecule has 71 valence electrons. The minimum absolute atomic E-state index is 0.542. The summed E-state index contributed by atoms with van der Waals surface area (Å²) in [6.45, 7) is 1.62. The van der Waals surface area contributed by atoms with Gasteiger partial charge < -0.3 is 4.74 Å². The highest BCUT2D eigenvalue weighted by molar-refractivity contribution is 6.30. The molecule has 0 aliphatic rings. The minimum atomic E-state index is 0.542. The molecule has 2 aromatic rings. The van der Waals surface area contributed by atoms with Crippen molar-refractivity contribution in [2.45, 2.75) is 0 Å². The first kappa shape index (κ1) is 9.09. The third-order valence-electron chi connectivity index (χ3n) is 1.66. The van der Waals surface area contributed by atoms with E-state index in [2.05, 4.69) is 10.2 Å². The molecule has 2 rings (SSSR count). The van der Waals surface area contributed by atoms with Crippen molar-refractivity contribution in [3.8, 4) is 5.88 Å². The molecular weight excluding hydrogens is 200 g/mol. The van der Waals surface area contributed by atoms with Crippen LogP contribution < -0.4 is 4.74 Å². The Morgan fingerprint density at radius 3 is 2.64 bits per heavy atom. The molecule has 0 fully saturated rings. The van der Waals surface area contributed by atoms with Crippen molar-refractivity contribution < 1.29 is 4.74 Å². The lowest BCUT2D eigenvalue weighted by Gasteiger charge is -2.00. The zero-order valence-electron chi connectivity index (χ0n) is 7.27. The van der Waals surface area contributed by atoms with Gasteiger partial charge in [-0.25, -0.2) is 0 Å². The fourth-order valence-corrected chi connectivity index (χ4v) is 1.11. The van der Waals surface area contributed by atoms with Crippen LogP contribution in [0.15, 0.2) is 36.5 Å². The monoisotopic (exact) mass is 207 g/mol. The number of ether oxygens (including phenoxy) is 1. The number of hydrogen-bond donors (Lipinski definition) is 1. The molecule has 0 atom stereocenters. The Kier molecular flexibility index (Phi) is 2.70. The second kappa shape index (κ2) is 4.15. The molecule has 0 unspecified atom stereocenters.